The van der Waals surface area contributed by atoms with Crippen molar-refractivity contribution >= 4 is 11.6 Å². The van der Waals surface area contributed by atoms with Gasteiger partial charge in [-0.2, -0.15) is 0 Å². The zero-order valence-electron chi connectivity index (χ0n) is 15.3. The molecule has 1 aromatic heterocycles. The molecule has 0 unspecified atom stereocenters. The van der Waals surface area contributed by atoms with E-state index in [0.717, 1.165) is 30.0 Å². The van der Waals surface area contributed by atoms with Gasteiger partial charge in [0.2, 0.25) is 0 Å². The largest absolute Gasteiger partial charge is 0.491 e. The number of benzene rings is 2. The molecule has 0 bridgehead atoms. The monoisotopic (exact) mass is 363 g/mol. The number of carbonyl (C=O) groups is 1. The predicted octanol–water partition coefficient (Wildman–Crippen LogP) is 3.71. The van der Waals surface area contributed by atoms with Gasteiger partial charge in [-0.25, -0.2) is 4.68 Å². The summed E-state index contributed by atoms with van der Waals surface area (Å²) in [5.41, 5.74) is 2.15. The second-order valence-electron chi connectivity index (χ2n) is 6.90. The summed E-state index contributed by atoms with van der Waals surface area (Å²) in [4.78, 5) is 12.5. The summed E-state index contributed by atoms with van der Waals surface area (Å²) in [6, 6.07) is 15.1. The summed E-state index contributed by atoms with van der Waals surface area (Å²) in [6.45, 7) is 3.93. The first-order chi connectivity index (χ1) is 13.1. The van der Waals surface area contributed by atoms with Crippen LogP contribution in [0.4, 0.5) is 5.69 Å². The molecule has 4 rings (SSSR count). The smallest absolute Gasteiger partial charge is 0.255 e. The fourth-order valence-corrected chi connectivity index (χ4v) is 2.85. The molecule has 1 N–H and O–H groups in total. The molecule has 27 heavy (non-hydrogen) atoms. The van der Waals surface area contributed by atoms with Crippen molar-refractivity contribution in [3.63, 3.8) is 0 Å². The molecule has 1 heterocycles. The Balaban J connectivity index is 1.49. The zero-order valence-corrected chi connectivity index (χ0v) is 15.3. The highest BCUT2D eigenvalue weighted by atomic mass is 16.5. The molecule has 2 aromatic carbocycles. The Bertz CT molecular complexity index is 945. The Hall–Kier alpha value is -3.22. The third kappa shape index (κ3) is 3.97. The molecule has 1 aliphatic carbocycles. The average Bonchev–Trinajstić information content (AvgIpc) is 3.38. The normalized spacial score (nSPS) is 13.6. The van der Waals surface area contributed by atoms with Crippen LogP contribution in [0, 0.1) is 0 Å². The number of ether oxygens (including phenoxy) is 1. The number of anilines is 1. The van der Waals surface area contributed by atoms with E-state index < -0.39 is 0 Å². The van der Waals surface area contributed by atoms with Crippen LogP contribution in [-0.4, -0.2) is 32.2 Å². The first-order valence-electron chi connectivity index (χ1n) is 9.06. The van der Waals surface area contributed by atoms with E-state index in [1.165, 1.54) is 0 Å². The number of aromatic nitrogens is 4. The lowest BCUT2D eigenvalue weighted by Gasteiger charge is -2.11. The van der Waals surface area contributed by atoms with Gasteiger partial charge in [-0.05, 0) is 73.5 Å². The molecule has 0 atom stereocenters. The molecule has 1 aliphatic rings. The number of hydrogen-bond donors (Lipinski definition) is 1. The Labute approximate surface area is 157 Å². The maximum absolute atomic E-state index is 12.5. The van der Waals surface area contributed by atoms with Crippen LogP contribution in [0.15, 0.2) is 48.5 Å². The number of rotatable bonds is 6. The van der Waals surface area contributed by atoms with Crippen LogP contribution in [0.1, 0.15) is 43.1 Å². The minimum atomic E-state index is -0.176. The third-order valence-corrected chi connectivity index (χ3v) is 4.25. The first-order valence-corrected chi connectivity index (χ1v) is 9.06. The SMILES string of the molecule is CC(C)Oc1ccc(C(=O)Nc2cccc(-c3nnnn3C3CC3)c2)cc1. The van der Waals surface area contributed by atoms with Crippen LogP contribution >= 0.6 is 0 Å². The van der Waals surface area contributed by atoms with Crippen LogP contribution in [-0.2, 0) is 0 Å². The number of tetrazole rings is 1. The lowest BCUT2D eigenvalue weighted by molar-refractivity contribution is 0.102. The van der Waals surface area contributed by atoms with Gasteiger partial charge in [0.05, 0.1) is 12.1 Å². The molecule has 7 heteroatoms. The van der Waals surface area contributed by atoms with Gasteiger partial charge in [0.15, 0.2) is 5.82 Å². The van der Waals surface area contributed by atoms with Crippen LogP contribution in [0.25, 0.3) is 11.4 Å². The number of carbonyl (C=O) groups excluding carboxylic acids is 1. The van der Waals surface area contributed by atoms with Gasteiger partial charge in [0, 0.05) is 16.8 Å². The molecule has 0 spiro atoms. The Morgan fingerprint density at radius 2 is 1.96 bits per heavy atom. The van der Waals surface area contributed by atoms with Gasteiger partial charge in [0.25, 0.3) is 5.91 Å². The van der Waals surface area contributed by atoms with E-state index in [4.69, 9.17) is 4.74 Å². The van der Waals surface area contributed by atoms with Gasteiger partial charge < -0.3 is 10.1 Å². The molecule has 0 saturated heterocycles. The van der Waals surface area contributed by atoms with Crippen molar-refractivity contribution < 1.29 is 9.53 Å². The van der Waals surface area contributed by atoms with Crippen LogP contribution in [0.2, 0.25) is 0 Å². The van der Waals surface area contributed by atoms with Gasteiger partial charge in [-0.15, -0.1) is 5.10 Å². The fraction of sp³-hybridized carbons (Fsp3) is 0.300. The van der Waals surface area contributed by atoms with Crippen molar-refractivity contribution in [1.82, 2.24) is 20.2 Å². The molecule has 0 aliphatic heterocycles. The van der Waals surface area contributed by atoms with Gasteiger partial charge >= 0.3 is 0 Å². The van der Waals surface area contributed by atoms with E-state index in [-0.39, 0.29) is 12.0 Å². The number of amides is 1. The van der Waals surface area contributed by atoms with Crippen LogP contribution in [0.3, 0.4) is 0 Å². The summed E-state index contributed by atoms with van der Waals surface area (Å²) in [5, 5.41) is 14.9. The third-order valence-electron chi connectivity index (χ3n) is 4.25. The maximum Gasteiger partial charge on any atom is 0.255 e. The topological polar surface area (TPSA) is 81.9 Å². The van der Waals surface area contributed by atoms with Gasteiger partial charge in [-0.1, -0.05) is 12.1 Å². The highest BCUT2D eigenvalue weighted by Crippen LogP contribution is 2.36. The van der Waals surface area contributed by atoms with Gasteiger partial charge in [-0.3, -0.25) is 4.79 Å². The fourth-order valence-electron chi connectivity index (χ4n) is 2.85. The summed E-state index contributed by atoms with van der Waals surface area (Å²) in [6.07, 6.45) is 2.30. The lowest BCUT2D eigenvalue weighted by Crippen LogP contribution is -2.12. The molecule has 0 radical (unpaired) electrons. The standard InChI is InChI=1S/C20H21N5O2/c1-13(2)27-18-10-6-14(7-11-18)20(26)21-16-5-3-4-15(12-16)19-22-23-24-25(19)17-8-9-17/h3-7,10-13,17H,8-9H2,1-2H3,(H,21,26). The van der Waals surface area contributed by atoms with E-state index in [1.807, 2.05) is 42.8 Å². The molecule has 3 aromatic rings. The first kappa shape index (κ1) is 17.2. The lowest BCUT2D eigenvalue weighted by atomic mass is 10.1. The summed E-state index contributed by atoms with van der Waals surface area (Å²) in [7, 11) is 0. The summed E-state index contributed by atoms with van der Waals surface area (Å²) < 4.78 is 7.46. The Morgan fingerprint density at radius 1 is 1.19 bits per heavy atom. The minimum absolute atomic E-state index is 0.0968. The predicted molar refractivity (Wildman–Crippen MR) is 102 cm³/mol. The van der Waals surface area contributed by atoms with Crippen molar-refractivity contribution in [2.45, 2.75) is 38.8 Å². The molecular weight excluding hydrogens is 342 g/mol. The van der Waals surface area contributed by atoms with Crippen molar-refractivity contribution in [3.8, 4) is 17.1 Å². The maximum atomic E-state index is 12.5. The molecular formula is C20H21N5O2. The van der Waals surface area contributed by atoms with E-state index in [0.29, 0.717) is 17.3 Å². The van der Waals surface area contributed by atoms with Crippen LogP contribution < -0.4 is 10.1 Å². The molecule has 1 amide bonds. The second-order valence-corrected chi connectivity index (χ2v) is 6.90. The van der Waals surface area contributed by atoms with Crippen molar-refractivity contribution in [1.29, 1.82) is 0 Å². The van der Waals surface area contributed by atoms with E-state index in [9.17, 15) is 4.79 Å². The molecule has 1 saturated carbocycles. The van der Waals surface area contributed by atoms with Crippen molar-refractivity contribution in [3.05, 3.63) is 54.1 Å². The zero-order chi connectivity index (χ0) is 18.8. The second kappa shape index (κ2) is 7.19. The van der Waals surface area contributed by atoms with Crippen molar-refractivity contribution in [2.75, 3.05) is 5.32 Å². The average molecular weight is 363 g/mol. The van der Waals surface area contributed by atoms with E-state index in [1.54, 1.807) is 24.3 Å². The summed E-state index contributed by atoms with van der Waals surface area (Å²) >= 11 is 0. The molecule has 138 valence electrons. The van der Waals surface area contributed by atoms with E-state index in [2.05, 4.69) is 20.8 Å². The highest BCUT2D eigenvalue weighted by molar-refractivity contribution is 6.04. The van der Waals surface area contributed by atoms with Crippen LogP contribution in [0.5, 0.6) is 5.75 Å². The number of hydrogen-bond acceptors (Lipinski definition) is 5. The molecule has 7 nitrogen and oxygen atoms in total. The molecule has 1 fully saturated rings. The number of nitrogens with one attached hydrogen (secondary N) is 1. The quantitative estimate of drug-likeness (QED) is 0.722. The van der Waals surface area contributed by atoms with Gasteiger partial charge in [0.1, 0.15) is 5.75 Å². The minimum Gasteiger partial charge on any atom is -0.491 e. The number of nitrogens with zero attached hydrogens (tertiary/aromatic N) is 4. The van der Waals surface area contributed by atoms with E-state index >= 15 is 0 Å². The van der Waals surface area contributed by atoms with Crippen molar-refractivity contribution in [2.24, 2.45) is 0 Å². The highest BCUT2D eigenvalue weighted by Gasteiger charge is 2.28. The Morgan fingerprint density at radius 3 is 2.67 bits per heavy atom. The Kier molecular flexibility index (Phi) is 4.58. The summed E-state index contributed by atoms with van der Waals surface area (Å²) in [5.74, 6) is 1.30.